The molecule has 0 unspecified atom stereocenters. The number of halogens is 1. The summed E-state index contributed by atoms with van der Waals surface area (Å²) in [4.78, 5) is 38.7. The van der Waals surface area contributed by atoms with E-state index in [4.69, 9.17) is 10.7 Å². The van der Waals surface area contributed by atoms with Crippen LogP contribution in [0.4, 0.5) is 10.2 Å². The summed E-state index contributed by atoms with van der Waals surface area (Å²) in [6.45, 7) is 7.19. The first-order valence-electron chi connectivity index (χ1n) is 13.1. The van der Waals surface area contributed by atoms with Crippen molar-refractivity contribution in [3.8, 4) is 22.5 Å². The second kappa shape index (κ2) is 11.7. The van der Waals surface area contributed by atoms with Crippen LogP contribution in [0.5, 0.6) is 0 Å². The first-order chi connectivity index (χ1) is 18.7. The molecule has 0 saturated carbocycles. The Hall–Kier alpha value is -4.12. The van der Waals surface area contributed by atoms with E-state index in [1.807, 2.05) is 20.8 Å². The number of Topliss-reactive ketones (excluding diaryl/α,β-unsaturated/α-hetero) is 1. The summed E-state index contributed by atoms with van der Waals surface area (Å²) >= 11 is 0. The normalized spacial score (nSPS) is 12.2. The van der Waals surface area contributed by atoms with E-state index in [2.05, 4.69) is 15.1 Å². The van der Waals surface area contributed by atoms with E-state index in [9.17, 15) is 14.7 Å². The molecule has 10 nitrogen and oxygen atoms in total. The van der Waals surface area contributed by atoms with Crippen molar-refractivity contribution < 1.29 is 19.1 Å². The number of imidazole rings is 1. The molecule has 1 amide bonds. The zero-order valence-electron chi connectivity index (χ0n) is 22.7. The highest BCUT2D eigenvalue weighted by Gasteiger charge is 2.25. The zero-order valence-corrected chi connectivity index (χ0v) is 22.7. The Morgan fingerprint density at radius 1 is 1.23 bits per heavy atom. The van der Waals surface area contributed by atoms with Crippen LogP contribution in [0.2, 0.25) is 0 Å². The molecule has 1 aromatic carbocycles. The molecule has 11 heteroatoms. The molecule has 206 valence electrons. The summed E-state index contributed by atoms with van der Waals surface area (Å²) in [5.74, 6) is -0.434. The number of ketones is 1. The van der Waals surface area contributed by atoms with E-state index < -0.39 is 12.4 Å². The molecule has 0 aliphatic heterocycles. The average Bonchev–Trinajstić information content (AvgIpc) is 3.54. The lowest BCUT2D eigenvalue weighted by atomic mass is 10.00. The zero-order chi connectivity index (χ0) is 28.3. The van der Waals surface area contributed by atoms with Crippen LogP contribution in [0.3, 0.4) is 0 Å². The molecule has 4 rings (SSSR count). The number of nitrogens with zero attached hydrogens (tertiary/aromatic N) is 5. The summed E-state index contributed by atoms with van der Waals surface area (Å²) in [7, 11) is 0. The van der Waals surface area contributed by atoms with Crippen molar-refractivity contribution in [1.82, 2.24) is 29.5 Å². The van der Waals surface area contributed by atoms with Crippen LogP contribution >= 0.6 is 0 Å². The molecular formula is C28H34FN7O3. The number of aryl methyl sites for hydroxylation is 2. The van der Waals surface area contributed by atoms with E-state index in [1.54, 1.807) is 29.4 Å². The Morgan fingerprint density at radius 3 is 2.59 bits per heavy atom. The maximum Gasteiger partial charge on any atom is 0.248 e. The van der Waals surface area contributed by atoms with Gasteiger partial charge >= 0.3 is 0 Å². The number of nitrogens with two attached hydrogens (primary N) is 1. The summed E-state index contributed by atoms with van der Waals surface area (Å²) in [6.07, 6.45) is 5.53. The molecule has 0 aliphatic rings. The average molecular weight is 536 g/mol. The van der Waals surface area contributed by atoms with Gasteiger partial charge in [0.1, 0.15) is 24.1 Å². The smallest absolute Gasteiger partial charge is 0.248 e. The number of aliphatic hydroxyl groups excluding tert-OH is 1. The van der Waals surface area contributed by atoms with Crippen molar-refractivity contribution in [2.24, 2.45) is 0 Å². The number of hydrogen-bond acceptors (Lipinski definition) is 7. The molecule has 4 aromatic rings. The maximum absolute atomic E-state index is 15.1. The minimum absolute atomic E-state index is 0.139. The van der Waals surface area contributed by atoms with Crippen LogP contribution in [-0.4, -0.2) is 65.5 Å². The van der Waals surface area contributed by atoms with Gasteiger partial charge in [-0.05, 0) is 57.2 Å². The number of aliphatic hydroxyl groups is 1. The Balaban J connectivity index is 1.73. The number of aromatic amines is 1. The highest BCUT2D eigenvalue weighted by atomic mass is 19.1. The van der Waals surface area contributed by atoms with Crippen LogP contribution < -0.4 is 5.73 Å². The van der Waals surface area contributed by atoms with Crippen LogP contribution in [0.15, 0.2) is 30.6 Å². The number of amides is 1. The van der Waals surface area contributed by atoms with E-state index in [1.165, 1.54) is 17.5 Å². The first kappa shape index (κ1) is 27.9. The quantitative estimate of drug-likeness (QED) is 0.247. The van der Waals surface area contributed by atoms with Gasteiger partial charge in [0.15, 0.2) is 11.4 Å². The van der Waals surface area contributed by atoms with E-state index in [0.29, 0.717) is 59.7 Å². The molecule has 0 fully saturated rings. The minimum atomic E-state index is -0.555. The summed E-state index contributed by atoms with van der Waals surface area (Å²) in [5, 5.41) is 13.8. The summed E-state index contributed by atoms with van der Waals surface area (Å²) < 4.78 is 16.5. The van der Waals surface area contributed by atoms with Gasteiger partial charge in [-0.25, -0.2) is 14.4 Å². The third-order valence-electron chi connectivity index (χ3n) is 6.89. The number of hydrogen-bond donors (Lipinski definition) is 3. The number of anilines is 1. The molecular weight excluding hydrogens is 501 g/mol. The fraction of sp³-hybridized carbons (Fsp3) is 0.393. The van der Waals surface area contributed by atoms with Crippen molar-refractivity contribution in [1.29, 1.82) is 0 Å². The lowest BCUT2D eigenvalue weighted by Crippen LogP contribution is -2.42. The molecule has 0 aliphatic carbocycles. The largest absolute Gasteiger partial charge is 0.387 e. The number of carbonyl (C=O) groups excluding carboxylic acids is 2. The number of H-pyrrole nitrogens is 1. The second-order valence-electron chi connectivity index (χ2n) is 9.62. The van der Waals surface area contributed by atoms with Gasteiger partial charge in [0.05, 0.1) is 23.0 Å². The van der Waals surface area contributed by atoms with Crippen LogP contribution in [0, 0.1) is 12.7 Å². The van der Waals surface area contributed by atoms with Gasteiger partial charge < -0.3 is 20.7 Å². The Morgan fingerprint density at radius 2 is 2.00 bits per heavy atom. The van der Waals surface area contributed by atoms with Gasteiger partial charge in [-0.3, -0.25) is 9.59 Å². The number of rotatable bonds is 11. The number of carbonyl (C=O) groups is 2. The van der Waals surface area contributed by atoms with Gasteiger partial charge in [0, 0.05) is 30.0 Å². The lowest BCUT2D eigenvalue weighted by molar-refractivity contribution is -0.136. The molecule has 0 radical (unpaired) electrons. The monoisotopic (exact) mass is 535 g/mol. The van der Waals surface area contributed by atoms with Gasteiger partial charge in [-0.1, -0.05) is 19.9 Å². The molecule has 3 heterocycles. The van der Waals surface area contributed by atoms with Gasteiger partial charge in [-0.15, -0.1) is 0 Å². The summed E-state index contributed by atoms with van der Waals surface area (Å²) in [5.41, 5.74) is 9.87. The number of fused-ring (bicyclic) bond motifs is 1. The van der Waals surface area contributed by atoms with Crippen molar-refractivity contribution in [3.63, 3.8) is 0 Å². The van der Waals surface area contributed by atoms with E-state index >= 15 is 4.39 Å². The molecule has 0 bridgehead atoms. The van der Waals surface area contributed by atoms with E-state index in [0.717, 1.165) is 12.1 Å². The minimum Gasteiger partial charge on any atom is -0.387 e. The first-order valence-corrected chi connectivity index (χ1v) is 13.1. The van der Waals surface area contributed by atoms with Crippen LogP contribution in [-0.2, 0) is 11.2 Å². The Labute approximate surface area is 226 Å². The van der Waals surface area contributed by atoms with Crippen molar-refractivity contribution in [2.75, 3.05) is 18.9 Å². The number of nitrogens with one attached hydrogen (secondary N) is 1. The van der Waals surface area contributed by atoms with Crippen LogP contribution in [0.1, 0.15) is 61.8 Å². The predicted molar refractivity (Wildman–Crippen MR) is 147 cm³/mol. The predicted octanol–water partition coefficient (Wildman–Crippen LogP) is 3.96. The second-order valence-corrected chi connectivity index (χ2v) is 9.62. The molecule has 4 N–H and O–H groups in total. The van der Waals surface area contributed by atoms with Crippen molar-refractivity contribution in [2.45, 2.75) is 59.4 Å². The van der Waals surface area contributed by atoms with Crippen molar-refractivity contribution >= 4 is 23.2 Å². The molecule has 39 heavy (non-hydrogen) atoms. The maximum atomic E-state index is 15.1. The third kappa shape index (κ3) is 5.53. The number of nitrogen functional groups attached to an aromatic ring is 1. The third-order valence-corrected chi connectivity index (χ3v) is 6.89. The highest BCUT2D eigenvalue weighted by molar-refractivity contribution is 6.00. The summed E-state index contributed by atoms with van der Waals surface area (Å²) in [6, 6.07) is 4.67. The number of benzene rings is 1. The fourth-order valence-electron chi connectivity index (χ4n) is 4.98. The van der Waals surface area contributed by atoms with Gasteiger partial charge in [0.2, 0.25) is 5.91 Å². The Bertz CT molecular complexity index is 1510. The molecule has 0 spiro atoms. The SMILES string of the molecule is CCCN(C(=O)CO)[C@H](CC)CCc1nc2c(-c3ccc(-c4ncc(C)[nH]4)c(F)c3)cnn2c(N)c1C(C)=O. The standard InChI is InChI=1S/C28H34FN7O3/c1-5-11-35(24(39)15-37)19(6-2)8-10-23-25(17(4)38)26(30)36-28(34-23)21(14-32-36)18-7-9-20(22(29)12-18)27-31-13-16(3)33-27/h7,9,12-14,19,37H,5-6,8,10-11,15,30H2,1-4H3,(H,31,33)/t19-/m1/s1. The van der Waals surface area contributed by atoms with Crippen molar-refractivity contribution in [3.05, 3.63) is 53.4 Å². The number of aromatic nitrogens is 5. The molecule has 0 saturated heterocycles. The van der Waals surface area contributed by atoms with Gasteiger partial charge in [0.25, 0.3) is 0 Å². The highest BCUT2D eigenvalue weighted by Crippen LogP contribution is 2.31. The lowest BCUT2D eigenvalue weighted by Gasteiger charge is -2.30. The fourth-order valence-corrected chi connectivity index (χ4v) is 4.98. The van der Waals surface area contributed by atoms with E-state index in [-0.39, 0.29) is 29.1 Å². The molecule has 1 atom stereocenters. The Kier molecular flexibility index (Phi) is 8.39. The van der Waals surface area contributed by atoms with Gasteiger partial charge in [-0.2, -0.15) is 9.61 Å². The topological polar surface area (TPSA) is 142 Å². The molecule has 3 aromatic heterocycles. The van der Waals surface area contributed by atoms with Crippen LogP contribution in [0.25, 0.3) is 28.2 Å².